The topological polar surface area (TPSA) is 17.1 Å². The second kappa shape index (κ2) is 4.15. The lowest BCUT2D eigenvalue weighted by Gasteiger charge is -1.96. The molecule has 0 saturated heterocycles. The smallest absolute Gasteiger partial charge is 0.218 e. The molecular formula is C11H7BrOS. The summed E-state index contributed by atoms with van der Waals surface area (Å²) in [6.45, 7) is 0. The number of thioether (sulfide) groups is 1. The van der Waals surface area contributed by atoms with E-state index >= 15 is 0 Å². The molecule has 0 fully saturated rings. The van der Waals surface area contributed by atoms with Crippen molar-refractivity contribution < 1.29 is 4.79 Å². The van der Waals surface area contributed by atoms with Gasteiger partial charge in [0.2, 0.25) is 5.12 Å². The van der Waals surface area contributed by atoms with Gasteiger partial charge in [-0.3, -0.25) is 4.79 Å². The molecule has 0 saturated carbocycles. The predicted octanol–water partition coefficient (Wildman–Crippen LogP) is 3.58. The summed E-state index contributed by atoms with van der Waals surface area (Å²) in [4.78, 5) is 12.0. The molecule has 0 unspecified atom stereocenters. The van der Waals surface area contributed by atoms with E-state index in [2.05, 4.69) is 15.9 Å². The van der Waals surface area contributed by atoms with E-state index in [0.717, 1.165) is 15.0 Å². The van der Waals surface area contributed by atoms with E-state index in [1.807, 2.05) is 36.4 Å². The molecule has 70 valence electrons. The number of hydrogen-bond donors (Lipinski definition) is 0. The summed E-state index contributed by atoms with van der Waals surface area (Å²) in [6.07, 6.45) is 3.59. The maximum absolute atomic E-state index is 11.1. The third-order valence-corrected chi connectivity index (χ3v) is 3.58. The Balaban J connectivity index is 2.29. The summed E-state index contributed by atoms with van der Waals surface area (Å²) >= 11 is 4.60. The van der Waals surface area contributed by atoms with Gasteiger partial charge in [-0.15, -0.1) is 0 Å². The molecule has 1 heterocycles. The van der Waals surface area contributed by atoms with Gasteiger partial charge >= 0.3 is 0 Å². The first-order chi connectivity index (χ1) is 6.75. The van der Waals surface area contributed by atoms with Gasteiger partial charge in [-0.25, -0.2) is 0 Å². The van der Waals surface area contributed by atoms with Gasteiger partial charge < -0.3 is 0 Å². The van der Waals surface area contributed by atoms with Crippen molar-refractivity contribution in [3.05, 3.63) is 51.4 Å². The van der Waals surface area contributed by atoms with Crippen molar-refractivity contribution in [1.82, 2.24) is 0 Å². The summed E-state index contributed by atoms with van der Waals surface area (Å²) in [5.74, 6) is 0. The molecule has 0 spiro atoms. The summed E-state index contributed by atoms with van der Waals surface area (Å²) in [5, 5.41) is 0.0825. The van der Waals surface area contributed by atoms with Crippen LogP contribution in [-0.4, -0.2) is 5.12 Å². The minimum atomic E-state index is 0.0825. The number of allylic oxidation sites excluding steroid dienone is 1. The van der Waals surface area contributed by atoms with Gasteiger partial charge in [0.25, 0.3) is 0 Å². The van der Waals surface area contributed by atoms with Gasteiger partial charge in [-0.05, 0) is 39.3 Å². The highest BCUT2D eigenvalue weighted by molar-refractivity contribution is 9.12. The van der Waals surface area contributed by atoms with Crippen molar-refractivity contribution in [3.8, 4) is 0 Å². The number of hydrogen-bond acceptors (Lipinski definition) is 2. The summed E-state index contributed by atoms with van der Waals surface area (Å²) in [5.41, 5.74) is 1.11. The van der Waals surface area contributed by atoms with Crippen molar-refractivity contribution in [1.29, 1.82) is 0 Å². The van der Waals surface area contributed by atoms with Crippen LogP contribution in [0.15, 0.2) is 45.8 Å². The zero-order valence-corrected chi connectivity index (χ0v) is 9.64. The van der Waals surface area contributed by atoms with Crippen molar-refractivity contribution in [2.75, 3.05) is 0 Å². The second-order valence-electron chi connectivity index (χ2n) is 2.83. The lowest BCUT2D eigenvalue weighted by atomic mass is 10.2. The molecule has 2 rings (SSSR count). The molecule has 1 aliphatic heterocycles. The van der Waals surface area contributed by atoms with Gasteiger partial charge in [-0.1, -0.05) is 30.3 Å². The zero-order valence-electron chi connectivity index (χ0n) is 7.24. The molecule has 0 aromatic heterocycles. The zero-order chi connectivity index (χ0) is 9.97. The average molecular weight is 267 g/mol. The first-order valence-corrected chi connectivity index (χ1v) is 5.73. The van der Waals surface area contributed by atoms with E-state index in [1.54, 1.807) is 6.08 Å². The Kier molecular flexibility index (Phi) is 2.89. The molecule has 1 aromatic carbocycles. The van der Waals surface area contributed by atoms with Crippen molar-refractivity contribution in [3.63, 3.8) is 0 Å². The second-order valence-corrected chi connectivity index (χ2v) is 4.73. The van der Waals surface area contributed by atoms with E-state index < -0.39 is 0 Å². The molecule has 1 aromatic rings. The molecule has 0 atom stereocenters. The minimum Gasteiger partial charge on any atom is -0.282 e. The molecule has 14 heavy (non-hydrogen) atoms. The Labute approximate surface area is 95.0 Å². The van der Waals surface area contributed by atoms with E-state index in [-0.39, 0.29) is 5.12 Å². The fraction of sp³-hybridized carbons (Fsp3) is 0. The first kappa shape index (κ1) is 9.74. The van der Waals surface area contributed by atoms with Gasteiger partial charge in [0.15, 0.2) is 0 Å². The maximum atomic E-state index is 11.1. The highest BCUT2D eigenvalue weighted by Crippen LogP contribution is 2.37. The normalized spacial score (nSPS) is 18.8. The van der Waals surface area contributed by atoms with Crippen LogP contribution < -0.4 is 0 Å². The SMILES string of the molecule is O=C1C=C(Br)C(=Cc2ccccc2)S1. The van der Waals surface area contributed by atoms with E-state index in [4.69, 9.17) is 0 Å². The molecule has 0 N–H and O–H groups in total. The van der Waals surface area contributed by atoms with Crippen LogP contribution in [0.5, 0.6) is 0 Å². The van der Waals surface area contributed by atoms with Gasteiger partial charge in [0.05, 0.1) is 0 Å². The fourth-order valence-electron chi connectivity index (χ4n) is 1.16. The summed E-state index contributed by atoms with van der Waals surface area (Å²) in [7, 11) is 0. The van der Waals surface area contributed by atoms with Crippen LogP contribution in [0, 0.1) is 0 Å². The lowest BCUT2D eigenvalue weighted by molar-refractivity contribution is -0.106. The highest BCUT2D eigenvalue weighted by Gasteiger charge is 2.16. The summed E-state index contributed by atoms with van der Waals surface area (Å²) < 4.78 is 0.872. The first-order valence-electron chi connectivity index (χ1n) is 4.12. The van der Waals surface area contributed by atoms with Crippen LogP contribution in [0.1, 0.15) is 5.56 Å². The summed E-state index contributed by atoms with van der Waals surface area (Å²) in [6, 6.07) is 9.95. The molecule has 1 aliphatic rings. The molecule has 0 radical (unpaired) electrons. The monoisotopic (exact) mass is 266 g/mol. The third-order valence-electron chi connectivity index (χ3n) is 1.79. The number of halogens is 1. The van der Waals surface area contributed by atoms with Gasteiger partial charge in [-0.2, -0.15) is 0 Å². The van der Waals surface area contributed by atoms with Crippen LogP contribution in [0.3, 0.4) is 0 Å². The Morgan fingerprint density at radius 3 is 2.50 bits per heavy atom. The highest BCUT2D eigenvalue weighted by atomic mass is 79.9. The quantitative estimate of drug-likeness (QED) is 0.773. The van der Waals surface area contributed by atoms with Crippen molar-refractivity contribution in [2.45, 2.75) is 0 Å². The van der Waals surface area contributed by atoms with Crippen molar-refractivity contribution >= 4 is 38.9 Å². The minimum absolute atomic E-state index is 0.0825. The Morgan fingerprint density at radius 2 is 1.93 bits per heavy atom. The molecular weight excluding hydrogens is 260 g/mol. The molecule has 0 bridgehead atoms. The number of carbonyl (C=O) groups is 1. The average Bonchev–Trinajstić information content (AvgIpc) is 2.47. The van der Waals surface area contributed by atoms with E-state index in [9.17, 15) is 4.79 Å². The predicted molar refractivity (Wildman–Crippen MR) is 64.0 cm³/mol. The largest absolute Gasteiger partial charge is 0.282 e. The van der Waals surface area contributed by atoms with Crippen LogP contribution in [0.25, 0.3) is 6.08 Å². The van der Waals surface area contributed by atoms with E-state index in [1.165, 1.54) is 11.8 Å². The van der Waals surface area contributed by atoms with Crippen molar-refractivity contribution in [2.24, 2.45) is 0 Å². The standard InChI is InChI=1S/C11H7BrOS/c12-9-7-11(13)14-10(9)6-8-4-2-1-3-5-8/h1-7H. The number of benzene rings is 1. The molecule has 3 heteroatoms. The van der Waals surface area contributed by atoms with Crippen LogP contribution in [-0.2, 0) is 4.79 Å². The molecule has 1 nitrogen and oxygen atoms in total. The van der Waals surface area contributed by atoms with Gasteiger partial charge in [0, 0.05) is 15.5 Å². The van der Waals surface area contributed by atoms with Crippen LogP contribution >= 0.6 is 27.7 Å². The Bertz CT molecular complexity index is 420. The van der Waals surface area contributed by atoms with Crippen LogP contribution in [0.2, 0.25) is 0 Å². The molecule has 0 amide bonds. The Hall–Kier alpha value is -0.800. The number of carbonyl (C=O) groups excluding carboxylic acids is 1. The van der Waals surface area contributed by atoms with E-state index in [0.29, 0.717) is 0 Å². The third kappa shape index (κ3) is 2.16. The fourth-order valence-corrected chi connectivity index (χ4v) is 2.62. The maximum Gasteiger partial charge on any atom is 0.218 e. The van der Waals surface area contributed by atoms with Crippen LogP contribution in [0.4, 0.5) is 0 Å². The Morgan fingerprint density at radius 1 is 1.21 bits per heavy atom. The lowest BCUT2D eigenvalue weighted by Crippen LogP contribution is -1.75. The number of rotatable bonds is 1. The van der Waals surface area contributed by atoms with Gasteiger partial charge in [0.1, 0.15) is 0 Å². The molecule has 0 aliphatic carbocycles.